The van der Waals surface area contributed by atoms with Crippen LogP contribution in [0.5, 0.6) is 0 Å². The van der Waals surface area contributed by atoms with Crippen LogP contribution in [-0.2, 0) is 0 Å². The van der Waals surface area contributed by atoms with E-state index in [1.165, 1.54) is 12.3 Å². The van der Waals surface area contributed by atoms with Crippen molar-refractivity contribution in [2.24, 2.45) is 5.92 Å². The maximum Gasteiger partial charge on any atom is 0.254 e. The number of hydrogen-bond acceptors (Lipinski definition) is 3. The minimum Gasteiger partial charge on any atom is -0.334 e. The summed E-state index contributed by atoms with van der Waals surface area (Å²) >= 11 is 11.7. The van der Waals surface area contributed by atoms with Crippen molar-refractivity contribution in [3.63, 3.8) is 0 Å². The number of nitriles is 1. The second kappa shape index (κ2) is 5.99. The van der Waals surface area contributed by atoms with E-state index < -0.39 is 5.54 Å². The highest BCUT2D eigenvalue weighted by molar-refractivity contribution is 6.35. The molecule has 106 valence electrons. The summed E-state index contributed by atoms with van der Waals surface area (Å²) in [6.45, 7) is 2.16. The Bertz CT molecular complexity index is 560. The van der Waals surface area contributed by atoms with E-state index in [0.717, 1.165) is 12.8 Å². The molecular weight excluding hydrogens is 297 g/mol. The molecule has 1 aromatic heterocycles. The summed E-state index contributed by atoms with van der Waals surface area (Å²) in [4.78, 5) is 16.1. The number of rotatable bonds is 2. The Morgan fingerprint density at radius 2 is 2.15 bits per heavy atom. The Morgan fingerprint density at radius 3 is 2.75 bits per heavy atom. The summed E-state index contributed by atoms with van der Waals surface area (Å²) < 4.78 is 0. The average Bonchev–Trinajstić information content (AvgIpc) is 2.44. The van der Waals surface area contributed by atoms with Crippen LogP contribution in [0.15, 0.2) is 12.3 Å². The highest BCUT2D eigenvalue weighted by atomic mass is 35.5. The van der Waals surface area contributed by atoms with Gasteiger partial charge in [-0.3, -0.25) is 4.79 Å². The number of hydrogen-bond donors (Lipinski definition) is 1. The van der Waals surface area contributed by atoms with Crippen molar-refractivity contribution in [1.82, 2.24) is 10.3 Å². The fourth-order valence-electron chi connectivity index (χ4n) is 2.39. The molecule has 1 amide bonds. The quantitative estimate of drug-likeness (QED) is 0.849. The topological polar surface area (TPSA) is 65.8 Å². The average molecular weight is 312 g/mol. The number of carbonyl (C=O) groups excluding carboxylic acids is 1. The van der Waals surface area contributed by atoms with E-state index in [9.17, 15) is 10.1 Å². The van der Waals surface area contributed by atoms with Crippen molar-refractivity contribution in [3.05, 3.63) is 28.0 Å². The first-order valence-electron chi connectivity index (χ1n) is 6.50. The van der Waals surface area contributed by atoms with Crippen LogP contribution in [0.4, 0.5) is 0 Å². The Morgan fingerprint density at radius 1 is 1.50 bits per heavy atom. The summed E-state index contributed by atoms with van der Waals surface area (Å²) in [7, 11) is 0. The van der Waals surface area contributed by atoms with Crippen LogP contribution < -0.4 is 5.32 Å². The molecule has 1 saturated carbocycles. The standard InChI is InChI=1S/C14H15Cl2N3O/c1-9-2-4-14(8-17,5-3-9)19-13(20)10-6-12(16)18-7-11(10)15/h6-7,9H,2-5H2,1H3,(H,19,20). The van der Waals surface area contributed by atoms with E-state index in [1.54, 1.807) is 0 Å². The zero-order chi connectivity index (χ0) is 14.8. The molecule has 1 aromatic rings. The van der Waals surface area contributed by atoms with Gasteiger partial charge in [-0.15, -0.1) is 0 Å². The summed E-state index contributed by atoms with van der Waals surface area (Å²) in [6, 6.07) is 3.66. The number of carbonyl (C=O) groups is 1. The van der Waals surface area contributed by atoms with Crippen LogP contribution in [-0.4, -0.2) is 16.4 Å². The molecule has 0 saturated heterocycles. The van der Waals surface area contributed by atoms with Crippen molar-refractivity contribution in [2.75, 3.05) is 0 Å². The Balaban J connectivity index is 2.18. The van der Waals surface area contributed by atoms with E-state index in [1.807, 2.05) is 0 Å². The van der Waals surface area contributed by atoms with Gasteiger partial charge < -0.3 is 5.32 Å². The summed E-state index contributed by atoms with van der Waals surface area (Å²) in [5.41, 5.74) is -0.553. The lowest BCUT2D eigenvalue weighted by Crippen LogP contribution is -2.49. The molecular formula is C14H15Cl2N3O. The number of amides is 1. The molecule has 20 heavy (non-hydrogen) atoms. The van der Waals surface area contributed by atoms with Gasteiger partial charge in [0.05, 0.1) is 16.7 Å². The summed E-state index contributed by atoms with van der Waals surface area (Å²) in [5.74, 6) is 0.211. The van der Waals surface area contributed by atoms with Crippen LogP contribution in [0.2, 0.25) is 10.2 Å². The monoisotopic (exact) mass is 311 g/mol. The number of nitrogens with zero attached hydrogens (tertiary/aromatic N) is 2. The van der Waals surface area contributed by atoms with Gasteiger partial charge in [0.25, 0.3) is 5.91 Å². The van der Waals surface area contributed by atoms with Crippen LogP contribution in [0.3, 0.4) is 0 Å². The smallest absolute Gasteiger partial charge is 0.254 e. The molecule has 1 aliphatic rings. The first kappa shape index (κ1) is 15.1. The fourth-order valence-corrected chi connectivity index (χ4v) is 2.74. The highest BCUT2D eigenvalue weighted by Crippen LogP contribution is 2.32. The van der Waals surface area contributed by atoms with E-state index in [-0.39, 0.29) is 21.6 Å². The Hall–Kier alpha value is -1.31. The molecule has 1 aliphatic carbocycles. The number of aromatic nitrogens is 1. The largest absolute Gasteiger partial charge is 0.334 e. The molecule has 0 spiro atoms. The van der Waals surface area contributed by atoms with Gasteiger partial charge in [-0.2, -0.15) is 5.26 Å². The van der Waals surface area contributed by atoms with Crippen molar-refractivity contribution in [1.29, 1.82) is 5.26 Å². The molecule has 0 bridgehead atoms. The highest BCUT2D eigenvalue weighted by Gasteiger charge is 2.36. The van der Waals surface area contributed by atoms with Gasteiger partial charge in [0.1, 0.15) is 10.7 Å². The van der Waals surface area contributed by atoms with Crippen molar-refractivity contribution < 1.29 is 4.79 Å². The van der Waals surface area contributed by atoms with Gasteiger partial charge in [-0.1, -0.05) is 30.1 Å². The molecule has 6 heteroatoms. The molecule has 4 nitrogen and oxygen atoms in total. The predicted octanol–water partition coefficient (Wildman–Crippen LogP) is 3.59. The number of nitrogens with one attached hydrogen (secondary N) is 1. The number of pyridine rings is 1. The molecule has 1 N–H and O–H groups in total. The van der Waals surface area contributed by atoms with Crippen molar-refractivity contribution in [3.8, 4) is 6.07 Å². The predicted molar refractivity (Wildman–Crippen MR) is 77.7 cm³/mol. The summed E-state index contributed by atoms with van der Waals surface area (Å²) in [6.07, 6.45) is 4.51. The third-order valence-corrected chi connectivity index (χ3v) is 4.27. The van der Waals surface area contributed by atoms with Crippen LogP contribution in [0, 0.1) is 17.2 Å². The number of halogens is 2. The van der Waals surface area contributed by atoms with E-state index in [4.69, 9.17) is 23.2 Å². The molecule has 1 heterocycles. The van der Waals surface area contributed by atoms with Crippen LogP contribution >= 0.6 is 23.2 Å². The van der Waals surface area contributed by atoms with Gasteiger partial charge in [-0.25, -0.2) is 4.98 Å². The van der Waals surface area contributed by atoms with E-state index >= 15 is 0 Å². The lowest BCUT2D eigenvalue weighted by atomic mass is 9.78. The normalized spacial score (nSPS) is 25.8. The lowest BCUT2D eigenvalue weighted by molar-refractivity contribution is 0.0894. The lowest BCUT2D eigenvalue weighted by Gasteiger charge is -2.34. The zero-order valence-corrected chi connectivity index (χ0v) is 12.6. The first-order valence-corrected chi connectivity index (χ1v) is 7.26. The molecule has 2 rings (SSSR count). The van der Waals surface area contributed by atoms with Gasteiger partial charge in [0.2, 0.25) is 0 Å². The maximum absolute atomic E-state index is 12.3. The van der Waals surface area contributed by atoms with Gasteiger partial charge in [0, 0.05) is 6.20 Å². The molecule has 0 unspecified atom stereocenters. The van der Waals surface area contributed by atoms with Gasteiger partial charge >= 0.3 is 0 Å². The third kappa shape index (κ3) is 3.23. The van der Waals surface area contributed by atoms with Crippen molar-refractivity contribution >= 4 is 29.1 Å². The zero-order valence-electron chi connectivity index (χ0n) is 11.1. The molecule has 1 fully saturated rings. The van der Waals surface area contributed by atoms with Crippen LogP contribution in [0.1, 0.15) is 43.0 Å². The van der Waals surface area contributed by atoms with E-state index in [2.05, 4.69) is 23.3 Å². The molecule has 0 aromatic carbocycles. The van der Waals surface area contributed by atoms with E-state index in [0.29, 0.717) is 18.8 Å². The second-order valence-corrected chi connectivity index (χ2v) is 6.11. The Labute approximate surface area is 128 Å². The molecule has 0 aliphatic heterocycles. The SMILES string of the molecule is CC1CCC(C#N)(NC(=O)c2cc(Cl)ncc2Cl)CC1. The minimum absolute atomic E-state index is 0.197. The fraction of sp³-hybridized carbons (Fsp3) is 0.500. The molecule has 0 radical (unpaired) electrons. The Kier molecular flexibility index (Phi) is 4.52. The van der Waals surface area contributed by atoms with Gasteiger partial charge in [-0.05, 0) is 37.7 Å². The summed E-state index contributed by atoms with van der Waals surface area (Å²) in [5, 5.41) is 12.7. The first-order chi connectivity index (χ1) is 9.46. The molecule has 0 atom stereocenters. The maximum atomic E-state index is 12.3. The second-order valence-electron chi connectivity index (χ2n) is 5.32. The van der Waals surface area contributed by atoms with Crippen LogP contribution in [0.25, 0.3) is 0 Å². The third-order valence-electron chi connectivity index (χ3n) is 3.76. The van der Waals surface area contributed by atoms with Gasteiger partial charge in [0.15, 0.2) is 0 Å². The minimum atomic E-state index is -0.803. The van der Waals surface area contributed by atoms with Crippen molar-refractivity contribution in [2.45, 2.75) is 38.1 Å².